The minimum absolute atomic E-state index is 0.000856. The van der Waals surface area contributed by atoms with Gasteiger partial charge in [0.1, 0.15) is 0 Å². The number of nitrogens with one attached hydrogen (secondary N) is 2. The molecule has 1 unspecified atom stereocenters. The van der Waals surface area contributed by atoms with Crippen molar-refractivity contribution < 1.29 is 8.42 Å². The summed E-state index contributed by atoms with van der Waals surface area (Å²) in [5, 5.41) is 3.24. The number of nitrogens with zero attached hydrogens (tertiary/aromatic N) is 1. The fourth-order valence-corrected chi connectivity index (χ4v) is 3.35. The van der Waals surface area contributed by atoms with Crippen LogP contribution in [0.15, 0.2) is 0 Å². The molecule has 0 spiro atoms. The molecule has 1 atom stereocenters. The van der Waals surface area contributed by atoms with Crippen molar-refractivity contribution in [1.29, 1.82) is 0 Å². The molecule has 1 fully saturated rings. The molecule has 5 nitrogen and oxygen atoms in total. The van der Waals surface area contributed by atoms with E-state index in [1.807, 2.05) is 19.0 Å². The quantitative estimate of drug-likeness (QED) is 0.620. The summed E-state index contributed by atoms with van der Waals surface area (Å²) >= 11 is 0. The number of rotatable bonds is 10. The van der Waals surface area contributed by atoms with Crippen LogP contribution in [0.4, 0.5) is 0 Å². The first-order valence-electron chi connectivity index (χ1n) is 7.16. The largest absolute Gasteiger partial charge is 0.313 e. The summed E-state index contributed by atoms with van der Waals surface area (Å²) in [6.45, 7) is 5.53. The molecule has 0 aromatic rings. The number of likely N-dealkylation sites (N-methyl/N-ethyl adjacent to an activating group) is 1. The van der Waals surface area contributed by atoms with E-state index in [0.717, 1.165) is 13.0 Å². The minimum Gasteiger partial charge on any atom is -0.313 e. The van der Waals surface area contributed by atoms with Gasteiger partial charge in [-0.05, 0) is 39.3 Å². The Kier molecular flexibility index (Phi) is 6.73. The second-order valence-electron chi connectivity index (χ2n) is 6.25. The lowest BCUT2D eigenvalue weighted by atomic mass is 10.0. The van der Waals surface area contributed by atoms with Crippen molar-refractivity contribution in [3.8, 4) is 0 Å². The predicted molar refractivity (Wildman–Crippen MR) is 79.7 cm³/mol. The third-order valence-electron chi connectivity index (χ3n) is 3.07. The molecule has 0 amide bonds. The third-order valence-corrected chi connectivity index (χ3v) is 4.50. The summed E-state index contributed by atoms with van der Waals surface area (Å²) in [7, 11) is 0.758. The normalized spacial score (nSPS) is 18.2. The molecule has 0 aromatic heterocycles. The van der Waals surface area contributed by atoms with Crippen molar-refractivity contribution in [2.45, 2.75) is 45.2 Å². The first kappa shape index (κ1) is 16.9. The maximum atomic E-state index is 12.0. The molecule has 1 saturated carbocycles. The van der Waals surface area contributed by atoms with E-state index in [-0.39, 0.29) is 11.8 Å². The van der Waals surface area contributed by atoms with Crippen LogP contribution in [0.1, 0.15) is 33.1 Å². The van der Waals surface area contributed by atoms with Crippen molar-refractivity contribution in [2.24, 2.45) is 5.92 Å². The topological polar surface area (TPSA) is 61.4 Å². The lowest BCUT2D eigenvalue weighted by Gasteiger charge is -2.23. The van der Waals surface area contributed by atoms with Crippen LogP contribution in [0.25, 0.3) is 0 Å². The Bertz CT molecular complexity index is 341. The van der Waals surface area contributed by atoms with Gasteiger partial charge in [-0.15, -0.1) is 0 Å². The minimum atomic E-state index is -3.18. The third kappa shape index (κ3) is 8.57. The molecule has 0 heterocycles. The summed E-state index contributed by atoms with van der Waals surface area (Å²) < 4.78 is 26.9. The lowest BCUT2D eigenvalue weighted by molar-refractivity contribution is 0.329. The monoisotopic (exact) mass is 291 g/mol. The Morgan fingerprint density at radius 1 is 1.26 bits per heavy atom. The van der Waals surface area contributed by atoms with Gasteiger partial charge in [0.2, 0.25) is 10.0 Å². The zero-order valence-electron chi connectivity index (χ0n) is 12.6. The van der Waals surface area contributed by atoms with Gasteiger partial charge in [-0.1, -0.05) is 13.8 Å². The predicted octanol–water partition coefficient (Wildman–Crippen LogP) is 0.634. The van der Waals surface area contributed by atoms with Gasteiger partial charge in [0.15, 0.2) is 0 Å². The second-order valence-corrected chi connectivity index (χ2v) is 8.13. The average Bonchev–Trinajstić information content (AvgIpc) is 2.97. The van der Waals surface area contributed by atoms with Crippen LogP contribution in [-0.4, -0.2) is 58.3 Å². The molecular weight excluding hydrogens is 262 g/mol. The second kappa shape index (κ2) is 7.57. The molecule has 1 aliphatic rings. The van der Waals surface area contributed by atoms with Gasteiger partial charge in [-0.2, -0.15) is 0 Å². The van der Waals surface area contributed by atoms with Crippen LogP contribution < -0.4 is 10.0 Å². The zero-order valence-corrected chi connectivity index (χ0v) is 13.5. The van der Waals surface area contributed by atoms with Gasteiger partial charge in [0, 0.05) is 25.2 Å². The van der Waals surface area contributed by atoms with E-state index in [2.05, 4.69) is 23.9 Å². The SMILES string of the molecule is CC(C)CC(CN(C)C)NS(=O)(=O)CCNC1CC1. The highest BCUT2D eigenvalue weighted by atomic mass is 32.2. The first-order valence-corrected chi connectivity index (χ1v) is 8.82. The van der Waals surface area contributed by atoms with Crippen LogP contribution in [0.3, 0.4) is 0 Å². The van der Waals surface area contributed by atoms with Crippen molar-refractivity contribution in [3.05, 3.63) is 0 Å². The summed E-state index contributed by atoms with van der Waals surface area (Å²) in [5.41, 5.74) is 0. The molecule has 0 saturated heterocycles. The fraction of sp³-hybridized carbons (Fsp3) is 1.00. The van der Waals surface area contributed by atoms with E-state index >= 15 is 0 Å². The van der Waals surface area contributed by atoms with Crippen LogP contribution in [0.5, 0.6) is 0 Å². The zero-order chi connectivity index (χ0) is 14.5. The Labute approximate surface area is 118 Å². The molecule has 114 valence electrons. The average molecular weight is 291 g/mol. The van der Waals surface area contributed by atoms with E-state index in [0.29, 0.717) is 18.5 Å². The summed E-state index contributed by atoms with van der Waals surface area (Å²) in [6.07, 6.45) is 3.24. The fourth-order valence-electron chi connectivity index (χ4n) is 2.17. The van der Waals surface area contributed by atoms with E-state index in [1.54, 1.807) is 0 Å². The van der Waals surface area contributed by atoms with Gasteiger partial charge in [-0.3, -0.25) is 0 Å². The van der Waals surface area contributed by atoms with Crippen molar-refractivity contribution in [2.75, 3.05) is 32.9 Å². The van der Waals surface area contributed by atoms with Gasteiger partial charge >= 0.3 is 0 Å². The van der Waals surface area contributed by atoms with Gasteiger partial charge < -0.3 is 10.2 Å². The first-order chi connectivity index (χ1) is 8.78. The molecular formula is C13H29N3O2S. The summed E-state index contributed by atoms with van der Waals surface area (Å²) in [4.78, 5) is 2.03. The molecule has 0 aromatic carbocycles. The number of sulfonamides is 1. The smallest absolute Gasteiger partial charge is 0.213 e. The lowest BCUT2D eigenvalue weighted by Crippen LogP contribution is -2.44. The molecule has 0 bridgehead atoms. The Morgan fingerprint density at radius 3 is 2.37 bits per heavy atom. The molecule has 1 aliphatic carbocycles. The molecule has 1 rings (SSSR count). The van der Waals surface area contributed by atoms with Gasteiger partial charge in [0.05, 0.1) is 5.75 Å². The van der Waals surface area contributed by atoms with Crippen molar-refractivity contribution in [1.82, 2.24) is 14.9 Å². The summed E-state index contributed by atoms with van der Waals surface area (Å²) in [5.74, 6) is 0.656. The van der Waals surface area contributed by atoms with E-state index < -0.39 is 10.0 Å². The van der Waals surface area contributed by atoms with E-state index in [1.165, 1.54) is 12.8 Å². The van der Waals surface area contributed by atoms with Gasteiger partial charge in [0.25, 0.3) is 0 Å². The Hall–Kier alpha value is -0.170. The highest BCUT2D eigenvalue weighted by Gasteiger charge is 2.23. The maximum Gasteiger partial charge on any atom is 0.213 e. The summed E-state index contributed by atoms with van der Waals surface area (Å²) in [6, 6.07) is 0.560. The van der Waals surface area contributed by atoms with Crippen LogP contribution in [0, 0.1) is 5.92 Å². The van der Waals surface area contributed by atoms with E-state index in [9.17, 15) is 8.42 Å². The van der Waals surface area contributed by atoms with Gasteiger partial charge in [-0.25, -0.2) is 13.1 Å². The molecule has 6 heteroatoms. The van der Waals surface area contributed by atoms with Crippen LogP contribution in [0.2, 0.25) is 0 Å². The van der Waals surface area contributed by atoms with Crippen LogP contribution >= 0.6 is 0 Å². The van der Waals surface area contributed by atoms with Crippen molar-refractivity contribution >= 4 is 10.0 Å². The highest BCUT2D eigenvalue weighted by Crippen LogP contribution is 2.18. The van der Waals surface area contributed by atoms with Crippen molar-refractivity contribution in [3.63, 3.8) is 0 Å². The molecule has 19 heavy (non-hydrogen) atoms. The maximum absolute atomic E-state index is 12.0. The highest BCUT2D eigenvalue weighted by molar-refractivity contribution is 7.89. The number of hydrogen-bond acceptors (Lipinski definition) is 4. The Morgan fingerprint density at radius 2 is 1.89 bits per heavy atom. The molecule has 0 aliphatic heterocycles. The standard InChI is InChI=1S/C13H29N3O2S/c1-11(2)9-13(10-16(3)4)15-19(17,18)8-7-14-12-5-6-12/h11-15H,5-10H2,1-4H3. The number of hydrogen-bond donors (Lipinski definition) is 2. The Balaban J connectivity index is 2.39. The van der Waals surface area contributed by atoms with E-state index in [4.69, 9.17) is 0 Å². The molecule has 0 radical (unpaired) electrons. The molecule has 2 N–H and O–H groups in total. The van der Waals surface area contributed by atoms with Crippen LogP contribution in [-0.2, 0) is 10.0 Å².